The van der Waals surface area contributed by atoms with Gasteiger partial charge in [-0.3, -0.25) is 4.79 Å². The molecule has 0 fully saturated rings. The average molecular weight is 222 g/mol. The SMILES string of the molecule is C.C.CC(=O)N(C)C.CC(=S)N(C)C. The van der Waals surface area contributed by atoms with Crippen molar-refractivity contribution < 1.29 is 4.79 Å². The number of amides is 1. The molecule has 0 atom stereocenters. The van der Waals surface area contributed by atoms with E-state index in [4.69, 9.17) is 12.2 Å². The Hall–Kier alpha value is -0.640. The highest BCUT2D eigenvalue weighted by Crippen LogP contribution is 1.75. The van der Waals surface area contributed by atoms with Crippen molar-refractivity contribution in [2.45, 2.75) is 28.7 Å². The third-order valence-electron chi connectivity index (χ3n) is 1.26. The third-order valence-corrected chi connectivity index (χ3v) is 1.62. The summed E-state index contributed by atoms with van der Waals surface area (Å²) in [6.07, 6.45) is 0. The third kappa shape index (κ3) is 22.5. The Kier molecular flexibility index (Phi) is 20.6. The van der Waals surface area contributed by atoms with Gasteiger partial charge in [-0.25, -0.2) is 0 Å². The summed E-state index contributed by atoms with van der Waals surface area (Å²) in [4.78, 5) is 14.4. The van der Waals surface area contributed by atoms with Crippen molar-refractivity contribution in [1.82, 2.24) is 9.80 Å². The topological polar surface area (TPSA) is 23.6 Å². The maximum Gasteiger partial charge on any atom is 0.218 e. The zero-order valence-corrected chi connectivity index (χ0v) is 9.53. The molecule has 0 saturated heterocycles. The molecule has 0 aromatic rings. The molecule has 88 valence electrons. The van der Waals surface area contributed by atoms with Crippen LogP contribution >= 0.6 is 12.2 Å². The summed E-state index contributed by atoms with van der Waals surface area (Å²) in [7, 11) is 7.31. The molecule has 0 aromatic heterocycles. The van der Waals surface area contributed by atoms with E-state index in [1.54, 1.807) is 14.1 Å². The van der Waals surface area contributed by atoms with Gasteiger partial charge in [0.15, 0.2) is 0 Å². The van der Waals surface area contributed by atoms with Gasteiger partial charge in [-0.2, -0.15) is 0 Å². The molecule has 14 heavy (non-hydrogen) atoms. The molecule has 0 rings (SSSR count). The van der Waals surface area contributed by atoms with Crippen molar-refractivity contribution >= 4 is 23.1 Å². The Bertz CT molecular complexity index is 138. The maximum absolute atomic E-state index is 10.1. The van der Waals surface area contributed by atoms with E-state index < -0.39 is 0 Å². The number of nitrogens with zero attached hydrogens (tertiary/aromatic N) is 2. The number of hydrogen-bond acceptors (Lipinski definition) is 2. The molecular weight excluding hydrogens is 196 g/mol. The Morgan fingerprint density at radius 2 is 1.07 bits per heavy atom. The largest absolute Gasteiger partial charge is 0.373 e. The smallest absolute Gasteiger partial charge is 0.218 e. The van der Waals surface area contributed by atoms with Crippen LogP contribution in [0.1, 0.15) is 28.7 Å². The van der Waals surface area contributed by atoms with Gasteiger partial charge in [0.05, 0.1) is 4.99 Å². The van der Waals surface area contributed by atoms with Gasteiger partial charge >= 0.3 is 0 Å². The van der Waals surface area contributed by atoms with Crippen LogP contribution in [0.25, 0.3) is 0 Å². The predicted octanol–water partition coefficient (Wildman–Crippen LogP) is 2.26. The summed E-state index contributed by atoms with van der Waals surface area (Å²) < 4.78 is 0. The summed E-state index contributed by atoms with van der Waals surface area (Å²) in [5.74, 6) is 0.0926. The first kappa shape index (κ1) is 23.3. The minimum absolute atomic E-state index is 0. The number of carbonyl (C=O) groups is 1. The normalized spacial score (nSPS) is 6.71. The second-order valence-electron chi connectivity index (χ2n) is 2.83. The fraction of sp³-hybridized carbons (Fsp3) is 0.800. The van der Waals surface area contributed by atoms with Crippen LogP contribution in [-0.2, 0) is 4.79 Å². The quantitative estimate of drug-likeness (QED) is 0.587. The van der Waals surface area contributed by atoms with Gasteiger partial charge in [0, 0.05) is 35.1 Å². The minimum Gasteiger partial charge on any atom is -0.373 e. The fourth-order valence-corrected chi connectivity index (χ4v) is 0. The molecule has 0 saturated carbocycles. The van der Waals surface area contributed by atoms with Gasteiger partial charge in [-0.15, -0.1) is 0 Å². The summed E-state index contributed by atoms with van der Waals surface area (Å²) in [6, 6.07) is 0. The molecule has 0 aliphatic heterocycles. The minimum atomic E-state index is 0. The molecule has 0 bridgehead atoms. The van der Waals surface area contributed by atoms with E-state index in [9.17, 15) is 4.79 Å². The van der Waals surface area contributed by atoms with E-state index in [1.165, 1.54) is 11.8 Å². The van der Waals surface area contributed by atoms with Crippen LogP contribution in [0.2, 0.25) is 0 Å². The summed E-state index contributed by atoms with van der Waals surface area (Å²) in [5, 5.41) is 0. The van der Waals surface area contributed by atoms with Crippen LogP contribution in [0.3, 0.4) is 0 Å². The van der Waals surface area contributed by atoms with Crippen LogP contribution < -0.4 is 0 Å². The van der Waals surface area contributed by atoms with Gasteiger partial charge in [-0.1, -0.05) is 27.1 Å². The Balaban J connectivity index is -0.0000000625. The molecule has 1 amide bonds. The van der Waals surface area contributed by atoms with Crippen molar-refractivity contribution in [3.63, 3.8) is 0 Å². The first-order valence-corrected chi connectivity index (χ1v) is 4.05. The molecule has 3 nitrogen and oxygen atoms in total. The summed E-state index contributed by atoms with van der Waals surface area (Å²) in [5.41, 5.74) is 0. The maximum atomic E-state index is 10.1. The van der Waals surface area contributed by atoms with E-state index in [2.05, 4.69) is 0 Å². The molecule has 0 aliphatic carbocycles. The first-order chi connectivity index (χ1) is 5.29. The van der Waals surface area contributed by atoms with Crippen molar-refractivity contribution in [3.8, 4) is 0 Å². The fourth-order valence-electron chi connectivity index (χ4n) is 0. The van der Waals surface area contributed by atoms with E-state index in [1.807, 2.05) is 25.9 Å². The molecule has 0 N–H and O–H groups in total. The standard InChI is InChI=1S/C4H9NO.C4H9NS.2CH4/c2*1-4(6)5(2)3;;/h2*1-3H3;2*1H4. The molecule has 0 aromatic carbocycles. The predicted molar refractivity (Wildman–Crippen MR) is 69.8 cm³/mol. The van der Waals surface area contributed by atoms with Gasteiger partial charge in [0.1, 0.15) is 0 Å². The van der Waals surface area contributed by atoms with Gasteiger partial charge < -0.3 is 9.80 Å². The van der Waals surface area contributed by atoms with Crippen LogP contribution in [-0.4, -0.2) is 48.9 Å². The lowest BCUT2D eigenvalue weighted by molar-refractivity contribution is -0.126. The molecule has 0 aliphatic rings. The summed E-state index contributed by atoms with van der Waals surface area (Å²) in [6.45, 7) is 3.43. The number of hydrogen-bond donors (Lipinski definition) is 0. The van der Waals surface area contributed by atoms with Crippen molar-refractivity contribution in [1.29, 1.82) is 0 Å². The highest BCUT2D eigenvalue weighted by atomic mass is 32.1. The molecular formula is C10H26N2OS. The zero-order chi connectivity index (χ0) is 10.3. The molecule has 0 unspecified atom stereocenters. The highest BCUT2D eigenvalue weighted by Gasteiger charge is 1.87. The van der Waals surface area contributed by atoms with E-state index in [-0.39, 0.29) is 20.8 Å². The Morgan fingerprint density at radius 3 is 1.07 bits per heavy atom. The van der Waals surface area contributed by atoms with Crippen LogP contribution in [0.5, 0.6) is 0 Å². The second-order valence-corrected chi connectivity index (χ2v) is 3.42. The zero-order valence-electron chi connectivity index (χ0n) is 8.71. The Morgan fingerprint density at radius 1 is 0.929 bits per heavy atom. The van der Waals surface area contributed by atoms with E-state index in [0.29, 0.717) is 0 Å². The average Bonchev–Trinajstić information content (AvgIpc) is 1.88. The van der Waals surface area contributed by atoms with Crippen LogP contribution in [0.15, 0.2) is 0 Å². The molecule has 0 spiro atoms. The second kappa shape index (κ2) is 12.4. The lowest BCUT2D eigenvalue weighted by Crippen LogP contribution is -2.17. The van der Waals surface area contributed by atoms with Gasteiger partial charge in [-0.05, 0) is 6.92 Å². The van der Waals surface area contributed by atoms with Gasteiger partial charge in [0.25, 0.3) is 0 Å². The molecule has 0 radical (unpaired) electrons. The monoisotopic (exact) mass is 222 g/mol. The number of rotatable bonds is 0. The number of thiocarbonyl (C=S) groups is 1. The first-order valence-electron chi connectivity index (χ1n) is 3.64. The van der Waals surface area contributed by atoms with Crippen molar-refractivity contribution in [2.24, 2.45) is 0 Å². The van der Waals surface area contributed by atoms with Crippen LogP contribution in [0.4, 0.5) is 0 Å². The Labute approximate surface area is 95.1 Å². The van der Waals surface area contributed by atoms with E-state index >= 15 is 0 Å². The van der Waals surface area contributed by atoms with Crippen molar-refractivity contribution in [2.75, 3.05) is 28.2 Å². The van der Waals surface area contributed by atoms with Gasteiger partial charge in [0.2, 0.25) is 5.91 Å². The molecule has 0 heterocycles. The lowest BCUT2D eigenvalue weighted by Gasteiger charge is -2.06. The lowest BCUT2D eigenvalue weighted by atomic mass is 10.7. The number of carbonyl (C=O) groups excluding carboxylic acids is 1. The van der Waals surface area contributed by atoms with Crippen molar-refractivity contribution in [3.05, 3.63) is 0 Å². The summed E-state index contributed by atoms with van der Waals surface area (Å²) >= 11 is 4.75. The van der Waals surface area contributed by atoms with Crippen LogP contribution in [0, 0.1) is 0 Å². The van der Waals surface area contributed by atoms with E-state index in [0.717, 1.165) is 4.99 Å². The highest BCUT2D eigenvalue weighted by molar-refractivity contribution is 7.80. The molecule has 4 heteroatoms.